The van der Waals surface area contributed by atoms with E-state index in [4.69, 9.17) is 4.74 Å². The number of carbonyl (C=O) groups is 3. The van der Waals surface area contributed by atoms with Gasteiger partial charge in [0.2, 0.25) is 0 Å². The number of amides is 2. The summed E-state index contributed by atoms with van der Waals surface area (Å²) in [6.07, 6.45) is 0. The largest absolute Gasteiger partial charge is 0.422 e. The molecule has 0 aliphatic heterocycles. The summed E-state index contributed by atoms with van der Waals surface area (Å²) >= 11 is 1.28. The van der Waals surface area contributed by atoms with Crippen LogP contribution in [0.15, 0.2) is 77.2 Å². The predicted octanol–water partition coefficient (Wildman–Crippen LogP) is 3.12. The molecule has 0 aliphatic rings. The van der Waals surface area contributed by atoms with Crippen molar-refractivity contribution in [3.63, 3.8) is 0 Å². The standard InChI is InChI=1S/C22H19N3O4S/c1-15(24-25-21(27)20(26)23-14-16-8-3-2-4-9-16)17-10-5-6-11-18(17)29-22(28)19-12-7-13-30-19/h2-13H,14H2,1H3,(H,23,26)(H,25,27). The molecule has 8 heteroatoms. The fourth-order valence-electron chi connectivity index (χ4n) is 2.50. The lowest BCUT2D eigenvalue weighted by molar-refractivity contribution is -0.139. The molecule has 7 nitrogen and oxygen atoms in total. The van der Waals surface area contributed by atoms with E-state index < -0.39 is 17.8 Å². The van der Waals surface area contributed by atoms with Gasteiger partial charge in [0, 0.05) is 12.1 Å². The first-order valence-electron chi connectivity index (χ1n) is 9.06. The number of rotatable bonds is 6. The Morgan fingerprint density at radius 1 is 0.933 bits per heavy atom. The van der Waals surface area contributed by atoms with Crippen LogP contribution in [0.1, 0.15) is 27.7 Å². The summed E-state index contributed by atoms with van der Waals surface area (Å²) in [5.74, 6) is -1.86. The molecule has 0 saturated carbocycles. The van der Waals surface area contributed by atoms with Gasteiger partial charge in [-0.2, -0.15) is 5.10 Å². The number of hydrogen-bond donors (Lipinski definition) is 2. The molecule has 0 saturated heterocycles. The van der Waals surface area contributed by atoms with E-state index in [1.54, 1.807) is 48.7 Å². The van der Waals surface area contributed by atoms with E-state index in [9.17, 15) is 14.4 Å². The van der Waals surface area contributed by atoms with Crippen LogP contribution in [0.5, 0.6) is 5.75 Å². The maximum atomic E-state index is 12.2. The molecule has 2 N–H and O–H groups in total. The van der Waals surface area contributed by atoms with E-state index in [1.807, 2.05) is 30.3 Å². The second kappa shape index (κ2) is 10.1. The second-order valence-corrected chi connectivity index (χ2v) is 7.12. The maximum absolute atomic E-state index is 12.2. The molecule has 0 radical (unpaired) electrons. The van der Waals surface area contributed by atoms with E-state index in [-0.39, 0.29) is 6.54 Å². The molecule has 3 rings (SSSR count). The molecule has 0 spiro atoms. The third-order valence-corrected chi connectivity index (χ3v) is 4.88. The zero-order valence-corrected chi connectivity index (χ0v) is 16.9. The van der Waals surface area contributed by atoms with E-state index in [0.717, 1.165) is 5.56 Å². The normalized spacial score (nSPS) is 10.9. The summed E-state index contributed by atoms with van der Waals surface area (Å²) in [5, 5.41) is 8.28. The molecule has 0 aliphatic carbocycles. The van der Waals surface area contributed by atoms with Gasteiger partial charge < -0.3 is 10.1 Å². The molecule has 0 atom stereocenters. The molecule has 2 aromatic carbocycles. The van der Waals surface area contributed by atoms with Crippen LogP contribution < -0.4 is 15.5 Å². The van der Waals surface area contributed by atoms with Crippen LogP contribution in [0.2, 0.25) is 0 Å². The minimum Gasteiger partial charge on any atom is -0.422 e. The number of carbonyl (C=O) groups excluding carboxylic acids is 3. The fraction of sp³-hybridized carbons (Fsp3) is 0.0909. The highest BCUT2D eigenvalue weighted by molar-refractivity contribution is 7.12. The van der Waals surface area contributed by atoms with Crippen LogP contribution in [-0.4, -0.2) is 23.5 Å². The zero-order valence-electron chi connectivity index (χ0n) is 16.1. The van der Waals surface area contributed by atoms with Crippen molar-refractivity contribution in [1.82, 2.24) is 10.7 Å². The molecular weight excluding hydrogens is 402 g/mol. The van der Waals surface area contributed by atoms with Crippen molar-refractivity contribution >= 4 is 34.8 Å². The van der Waals surface area contributed by atoms with Crippen molar-refractivity contribution in [2.24, 2.45) is 5.10 Å². The van der Waals surface area contributed by atoms with Gasteiger partial charge in [-0.05, 0) is 36.1 Å². The number of ether oxygens (including phenoxy) is 1. The van der Waals surface area contributed by atoms with Crippen molar-refractivity contribution < 1.29 is 19.1 Å². The van der Waals surface area contributed by atoms with Crippen molar-refractivity contribution in [3.05, 3.63) is 88.1 Å². The lowest BCUT2D eigenvalue weighted by Crippen LogP contribution is -2.37. The number of nitrogens with one attached hydrogen (secondary N) is 2. The average molecular weight is 421 g/mol. The Morgan fingerprint density at radius 3 is 2.40 bits per heavy atom. The first kappa shape index (κ1) is 20.9. The number of thiophene rings is 1. The number of nitrogens with zero attached hydrogens (tertiary/aromatic N) is 1. The van der Waals surface area contributed by atoms with Gasteiger partial charge in [-0.15, -0.1) is 11.3 Å². The third kappa shape index (κ3) is 5.62. The first-order valence-corrected chi connectivity index (χ1v) is 9.94. The summed E-state index contributed by atoms with van der Waals surface area (Å²) < 4.78 is 5.45. The molecule has 1 aromatic heterocycles. The number of hydrazone groups is 1. The maximum Gasteiger partial charge on any atom is 0.353 e. The third-order valence-electron chi connectivity index (χ3n) is 4.03. The van der Waals surface area contributed by atoms with Crippen LogP contribution in [0.25, 0.3) is 0 Å². The van der Waals surface area contributed by atoms with Crippen molar-refractivity contribution in [3.8, 4) is 5.75 Å². The Labute approximate surface area is 177 Å². The van der Waals surface area contributed by atoms with Gasteiger partial charge in [0.15, 0.2) is 0 Å². The lowest BCUT2D eigenvalue weighted by Gasteiger charge is -2.09. The smallest absolute Gasteiger partial charge is 0.353 e. The lowest BCUT2D eigenvalue weighted by atomic mass is 10.1. The first-order chi connectivity index (χ1) is 14.5. The highest BCUT2D eigenvalue weighted by atomic mass is 32.1. The van der Waals surface area contributed by atoms with Gasteiger partial charge in [-0.3, -0.25) is 9.59 Å². The van der Waals surface area contributed by atoms with Crippen LogP contribution in [0.3, 0.4) is 0 Å². The van der Waals surface area contributed by atoms with E-state index in [0.29, 0.717) is 21.9 Å². The molecule has 152 valence electrons. The Balaban J connectivity index is 1.61. The number of esters is 1. The van der Waals surface area contributed by atoms with Crippen molar-refractivity contribution in [1.29, 1.82) is 0 Å². The quantitative estimate of drug-likeness (QED) is 0.210. The molecule has 3 aromatic rings. The monoisotopic (exact) mass is 421 g/mol. The number of hydrogen-bond acceptors (Lipinski definition) is 6. The number of para-hydroxylation sites is 1. The van der Waals surface area contributed by atoms with Gasteiger partial charge in [-0.1, -0.05) is 48.5 Å². The van der Waals surface area contributed by atoms with E-state index >= 15 is 0 Å². The SMILES string of the molecule is CC(=NNC(=O)C(=O)NCc1ccccc1)c1ccccc1OC(=O)c1cccs1. The zero-order chi connectivity index (χ0) is 21.3. The highest BCUT2D eigenvalue weighted by Gasteiger charge is 2.15. The molecular formula is C22H19N3O4S. The summed E-state index contributed by atoms with van der Waals surface area (Å²) in [5.41, 5.74) is 4.00. The van der Waals surface area contributed by atoms with Gasteiger partial charge in [0.1, 0.15) is 10.6 Å². The topological polar surface area (TPSA) is 96.9 Å². The summed E-state index contributed by atoms with van der Waals surface area (Å²) in [6.45, 7) is 1.87. The molecule has 1 heterocycles. The second-order valence-electron chi connectivity index (χ2n) is 6.17. The van der Waals surface area contributed by atoms with Crippen molar-refractivity contribution in [2.45, 2.75) is 13.5 Å². The van der Waals surface area contributed by atoms with Crippen LogP contribution in [0, 0.1) is 0 Å². The Morgan fingerprint density at radius 2 is 1.67 bits per heavy atom. The molecule has 30 heavy (non-hydrogen) atoms. The fourth-order valence-corrected chi connectivity index (χ4v) is 3.10. The van der Waals surface area contributed by atoms with Crippen molar-refractivity contribution in [2.75, 3.05) is 0 Å². The molecule has 0 unspecified atom stereocenters. The average Bonchev–Trinajstić information content (AvgIpc) is 3.32. The molecule has 2 amide bonds. The van der Waals surface area contributed by atoms with Crippen LogP contribution in [0.4, 0.5) is 0 Å². The summed E-state index contributed by atoms with van der Waals surface area (Å²) in [6, 6.07) is 19.5. The van der Waals surface area contributed by atoms with Gasteiger partial charge >= 0.3 is 17.8 Å². The summed E-state index contributed by atoms with van der Waals surface area (Å²) in [4.78, 5) is 36.6. The number of benzene rings is 2. The molecule has 0 bridgehead atoms. The predicted molar refractivity (Wildman–Crippen MR) is 114 cm³/mol. The van der Waals surface area contributed by atoms with E-state index in [2.05, 4.69) is 15.8 Å². The Bertz CT molecular complexity index is 1060. The van der Waals surface area contributed by atoms with E-state index in [1.165, 1.54) is 11.3 Å². The molecule has 0 fully saturated rings. The highest BCUT2D eigenvalue weighted by Crippen LogP contribution is 2.21. The minimum absolute atomic E-state index is 0.233. The Kier molecular flexibility index (Phi) is 7.07. The van der Waals surface area contributed by atoms with Gasteiger partial charge in [-0.25, -0.2) is 10.2 Å². The Hall–Kier alpha value is -3.78. The van der Waals surface area contributed by atoms with Crippen LogP contribution >= 0.6 is 11.3 Å². The summed E-state index contributed by atoms with van der Waals surface area (Å²) in [7, 11) is 0. The minimum atomic E-state index is -0.890. The van der Waals surface area contributed by atoms with Gasteiger partial charge in [0.25, 0.3) is 0 Å². The van der Waals surface area contributed by atoms with Crippen LogP contribution in [-0.2, 0) is 16.1 Å². The van der Waals surface area contributed by atoms with Gasteiger partial charge in [0.05, 0.1) is 5.71 Å².